The second kappa shape index (κ2) is 16.3. The molecule has 3 nitrogen and oxygen atoms in total. The molecule has 0 amide bonds. The smallest absolute Gasteiger partial charge is 0.300 e. The van der Waals surface area contributed by atoms with E-state index in [0.717, 1.165) is 6.92 Å². The number of hydrogen-bond acceptors (Lipinski definition) is 2. The zero-order chi connectivity index (χ0) is 9.86. The van der Waals surface area contributed by atoms with Crippen LogP contribution in [0.2, 0.25) is 0 Å². The van der Waals surface area contributed by atoms with Crippen LogP contribution in [-0.2, 0) is 4.79 Å². The van der Waals surface area contributed by atoms with E-state index < -0.39 is 5.97 Å². The fraction of sp³-hybridized carbons (Fsp3) is 0.667. The molecule has 0 spiro atoms. The predicted octanol–water partition coefficient (Wildman–Crippen LogP) is 2.43. The molecule has 0 aromatic heterocycles. The molecule has 0 rings (SSSR count). The van der Waals surface area contributed by atoms with Crippen LogP contribution in [-0.4, -0.2) is 15.9 Å². The van der Waals surface area contributed by atoms with Crippen LogP contribution in [0.15, 0.2) is 0 Å². The van der Waals surface area contributed by atoms with E-state index in [1.807, 2.05) is 0 Å². The Kier molecular flexibility index (Phi) is 25.0. The van der Waals surface area contributed by atoms with Gasteiger partial charge in [0.25, 0.3) is 5.97 Å². The molecule has 0 atom stereocenters. The van der Waals surface area contributed by atoms with Crippen molar-refractivity contribution < 1.29 is 9.90 Å². The molecule has 0 radical (unpaired) electrons. The highest BCUT2D eigenvalue weighted by atomic mass is 35.5. The van der Waals surface area contributed by atoms with Crippen molar-refractivity contribution in [3.8, 4) is 6.07 Å². The van der Waals surface area contributed by atoms with Gasteiger partial charge in [-0.1, -0.05) is 0 Å². The van der Waals surface area contributed by atoms with Crippen molar-refractivity contribution in [2.45, 2.75) is 25.6 Å². The van der Waals surface area contributed by atoms with Gasteiger partial charge in [0.2, 0.25) is 0 Å². The van der Waals surface area contributed by atoms with Crippen LogP contribution in [0.4, 0.5) is 0 Å². The van der Waals surface area contributed by atoms with Gasteiger partial charge in [-0.25, -0.2) is 0 Å². The molecule has 0 aliphatic heterocycles. The van der Waals surface area contributed by atoms with Gasteiger partial charge in [-0.05, 0) is 6.92 Å². The van der Waals surface area contributed by atoms with Gasteiger partial charge < -0.3 is 5.11 Å². The van der Waals surface area contributed by atoms with Crippen LogP contribution >= 0.6 is 23.2 Å². The Labute approximate surface area is 76.5 Å². The summed E-state index contributed by atoms with van der Waals surface area (Å²) in [5.74, 6) is -0.833. The van der Waals surface area contributed by atoms with Gasteiger partial charge in [0.15, 0.2) is 0 Å². The first-order valence-electron chi connectivity index (χ1n) is 2.67. The van der Waals surface area contributed by atoms with Gasteiger partial charge in [-0.3, -0.25) is 4.79 Å². The summed E-state index contributed by atoms with van der Waals surface area (Å²) in [6.45, 7) is 4.21. The summed E-state index contributed by atoms with van der Waals surface area (Å²) in [5, 5.41) is 14.7. The molecule has 0 heterocycles. The predicted molar refractivity (Wildman–Crippen MR) is 45.8 cm³/mol. The highest BCUT2D eigenvalue weighted by Gasteiger charge is 1.75. The van der Waals surface area contributed by atoms with Gasteiger partial charge in [-0.15, -0.1) is 23.2 Å². The van der Waals surface area contributed by atoms with Crippen LogP contribution in [0.5, 0.6) is 0 Å². The number of alkyl halides is 2. The molecule has 0 aliphatic rings. The Bertz CT molecular complexity index is 113. The third-order valence-electron chi connectivity index (χ3n) is 0. The number of nitriles is 1. The lowest BCUT2D eigenvalue weighted by Gasteiger charge is -1.72. The summed E-state index contributed by atoms with van der Waals surface area (Å²) in [5.41, 5.74) is 0. The molecular weight excluding hydrogens is 189 g/mol. The van der Waals surface area contributed by atoms with Crippen LogP contribution in [0.3, 0.4) is 0 Å². The minimum absolute atomic E-state index is 0.222. The number of nitrogens with zero attached hydrogens (tertiary/aromatic N) is 1. The maximum Gasteiger partial charge on any atom is 0.300 e. The molecule has 0 aromatic rings. The largest absolute Gasteiger partial charge is 0.481 e. The Morgan fingerprint density at radius 2 is 1.64 bits per heavy atom. The molecule has 0 unspecified atom stereocenters. The number of carboxylic acid groups (broad SMARTS) is 1. The minimum atomic E-state index is -0.833. The second-order valence-electron chi connectivity index (χ2n) is 1.26. The fourth-order valence-corrected chi connectivity index (χ4v) is 0. The molecule has 0 saturated carbocycles. The third kappa shape index (κ3) is 2560. The zero-order valence-electron chi connectivity index (χ0n) is 6.64. The van der Waals surface area contributed by atoms with Crippen molar-refractivity contribution in [2.75, 3.05) is 0 Å². The van der Waals surface area contributed by atoms with Gasteiger partial charge in [0.1, 0.15) is 4.84 Å². The number of carbonyl (C=O) groups is 1. The fourth-order valence-electron chi connectivity index (χ4n) is 0. The van der Waals surface area contributed by atoms with E-state index >= 15 is 0 Å². The summed E-state index contributed by atoms with van der Waals surface area (Å²) in [4.78, 5) is 8.78. The molecule has 0 saturated heterocycles. The monoisotopic (exact) mass is 199 g/mol. The normalized spacial score (nSPS) is 6.27. The maximum atomic E-state index is 9.00. The molecule has 66 valence electrons. The molecule has 0 aromatic carbocycles. The van der Waals surface area contributed by atoms with Gasteiger partial charge in [0.05, 0.1) is 6.07 Å². The summed E-state index contributed by atoms with van der Waals surface area (Å²) in [6, 6.07) is 1.75. The topological polar surface area (TPSA) is 61.1 Å². The highest BCUT2D eigenvalue weighted by molar-refractivity contribution is 6.43. The van der Waals surface area contributed by atoms with Crippen molar-refractivity contribution in [3.05, 3.63) is 0 Å². The standard InChI is InChI=1S/C2H4Cl2.C2H3N.C2H4O2/c1-2(3)4;1-2-3;1-2(3)4/h2H,1H3;1H3;1H3,(H,3,4). The Hall–Kier alpha value is -0.460. The molecule has 11 heavy (non-hydrogen) atoms. The quantitative estimate of drug-likeness (QED) is 0.610. The lowest BCUT2D eigenvalue weighted by atomic mass is 10.9. The van der Waals surface area contributed by atoms with Crippen molar-refractivity contribution in [2.24, 2.45) is 0 Å². The number of hydrogen-bond donors (Lipinski definition) is 1. The minimum Gasteiger partial charge on any atom is -0.481 e. The first-order valence-corrected chi connectivity index (χ1v) is 3.54. The van der Waals surface area contributed by atoms with Crippen LogP contribution in [0, 0.1) is 11.3 Å². The SMILES string of the molecule is CC#N.CC(=O)O.CC(Cl)Cl. The molecule has 5 heteroatoms. The second-order valence-corrected chi connectivity index (χ2v) is 2.79. The molecule has 1 N–H and O–H groups in total. The first-order chi connectivity index (χ1) is 4.88. The lowest BCUT2D eigenvalue weighted by molar-refractivity contribution is -0.134. The summed E-state index contributed by atoms with van der Waals surface area (Å²) in [6.07, 6.45) is 0. The number of carboxylic acids is 1. The average Bonchev–Trinajstić information content (AvgIpc) is 1.60. The van der Waals surface area contributed by atoms with Gasteiger partial charge >= 0.3 is 0 Å². The van der Waals surface area contributed by atoms with E-state index in [1.54, 1.807) is 13.0 Å². The van der Waals surface area contributed by atoms with E-state index in [4.69, 9.17) is 38.4 Å². The number of halogens is 2. The molecule has 0 fully saturated rings. The average molecular weight is 200 g/mol. The van der Waals surface area contributed by atoms with Crippen molar-refractivity contribution >= 4 is 29.2 Å². The van der Waals surface area contributed by atoms with Crippen LogP contribution in [0.25, 0.3) is 0 Å². The lowest BCUT2D eigenvalue weighted by Crippen LogP contribution is -1.78. The third-order valence-corrected chi connectivity index (χ3v) is 0. The molecule has 0 bridgehead atoms. The Morgan fingerprint density at radius 3 is 1.64 bits per heavy atom. The van der Waals surface area contributed by atoms with E-state index in [1.165, 1.54) is 6.92 Å². The first kappa shape index (κ1) is 16.9. The molecule has 0 aliphatic carbocycles. The summed E-state index contributed by atoms with van der Waals surface area (Å²) >= 11 is 10.1. The van der Waals surface area contributed by atoms with Crippen LogP contribution in [0.1, 0.15) is 20.8 Å². The summed E-state index contributed by atoms with van der Waals surface area (Å²) in [7, 11) is 0. The van der Waals surface area contributed by atoms with Gasteiger partial charge in [0, 0.05) is 13.8 Å². The zero-order valence-corrected chi connectivity index (χ0v) is 8.15. The summed E-state index contributed by atoms with van der Waals surface area (Å²) < 4.78 is 0. The van der Waals surface area contributed by atoms with Crippen molar-refractivity contribution in [1.82, 2.24) is 0 Å². The van der Waals surface area contributed by atoms with E-state index in [9.17, 15) is 0 Å². The van der Waals surface area contributed by atoms with Gasteiger partial charge in [-0.2, -0.15) is 5.26 Å². The number of rotatable bonds is 0. The molecular formula is C6H11Cl2NO2. The Balaban J connectivity index is -0.0000000886. The maximum absolute atomic E-state index is 9.00. The van der Waals surface area contributed by atoms with E-state index in [0.29, 0.717) is 0 Å². The highest BCUT2D eigenvalue weighted by Crippen LogP contribution is 1.95. The van der Waals surface area contributed by atoms with Crippen molar-refractivity contribution in [3.63, 3.8) is 0 Å². The van der Waals surface area contributed by atoms with E-state index in [2.05, 4.69) is 0 Å². The van der Waals surface area contributed by atoms with E-state index in [-0.39, 0.29) is 4.84 Å². The van der Waals surface area contributed by atoms with Crippen molar-refractivity contribution in [1.29, 1.82) is 5.26 Å². The number of aliphatic carboxylic acids is 1. The Morgan fingerprint density at radius 1 is 1.64 bits per heavy atom. The van der Waals surface area contributed by atoms with Crippen LogP contribution < -0.4 is 0 Å².